The smallest absolute Gasteiger partial charge is 0.251 e. The van der Waals surface area contributed by atoms with Crippen LogP contribution in [0.15, 0.2) is 42.5 Å². The molecule has 4 atom stereocenters. The van der Waals surface area contributed by atoms with Gasteiger partial charge in [-0.3, -0.25) is 14.4 Å². The zero-order valence-electron chi connectivity index (χ0n) is 20.4. The fourth-order valence-electron chi connectivity index (χ4n) is 4.17. The number of carbonyl (C=O) groups excluding carboxylic acids is 3. The van der Waals surface area contributed by atoms with Gasteiger partial charge in [-0.1, -0.05) is 50.6 Å². The average Bonchev–Trinajstić information content (AvgIpc) is 2.87. The summed E-state index contributed by atoms with van der Waals surface area (Å²) in [7, 11) is 1.65. The zero-order chi connectivity index (χ0) is 25.7. The number of amides is 3. The summed E-state index contributed by atoms with van der Waals surface area (Å²) < 4.78 is 28.5. The van der Waals surface area contributed by atoms with Gasteiger partial charge in [-0.25, -0.2) is 8.78 Å². The molecule has 0 fully saturated rings. The highest BCUT2D eigenvalue weighted by Gasteiger charge is 2.40. The largest absolute Gasteiger partial charge is 0.343 e. The highest BCUT2D eigenvalue weighted by molar-refractivity contribution is 6.00. The van der Waals surface area contributed by atoms with Crippen LogP contribution in [0.4, 0.5) is 14.5 Å². The summed E-state index contributed by atoms with van der Waals surface area (Å²) >= 11 is 0. The Labute approximate surface area is 204 Å². The van der Waals surface area contributed by atoms with Crippen LogP contribution in [0.1, 0.15) is 44.4 Å². The maximum Gasteiger partial charge on any atom is 0.251 e. The molecule has 2 aromatic rings. The molecular formula is C26H32F2N4O3. The van der Waals surface area contributed by atoms with Crippen LogP contribution in [-0.2, 0) is 20.8 Å². The Morgan fingerprint density at radius 1 is 1.06 bits per heavy atom. The maximum absolute atomic E-state index is 14.3. The molecule has 0 bridgehead atoms. The van der Waals surface area contributed by atoms with E-state index in [9.17, 15) is 23.2 Å². The number of nitrogens with one attached hydrogen (secondary N) is 3. The van der Waals surface area contributed by atoms with E-state index in [1.807, 2.05) is 26.0 Å². The van der Waals surface area contributed by atoms with Crippen molar-refractivity contribution in [3.63, 3.8) is 0 Å². The van der Waals surface area contributed by atoms with Crippen LogP contribution in [-0.4, -0.2) is 48.3 Å². The quantitative estimate of drug-likeness (QED) is 0.535. The highest BCUT2D eigenvalue weighted by Crippen LogP contribution is 2.33. The molecule has 0 aliphatic carbocycles. The summed E-state index contributed by atoms with van der Waals surface area (Å²) in [5.74, 6) is -3.51. The molecule has 0 radical (unpaired) electrons. The molecule has 0 spiro atoms. The topological polar surface area (TPSA) is 90.5 Å². The number of hydrogen-bond acceptors (Lipinski definition) is 4. The minimum Gasteiger partial charge on any atom is -0.343 e. The lowest BCUT2D eigenvalue weighted by molar-refractivity contribution is -0.144. The predicted molar refractivity (Wildman–Crippen MR) is 129 cm³/mol. The molecule has 188 valence electrons. The molecular weight excluding hydrogens is 454 g/mol. The van der Waals surface area contributed by atoms with Crippen LogP contribution in [0.2, 0.25) is 0 Å². The molecule has 2 aromatic carbocycles. The second-order valence-electron chi connectivity index (χ2n) is 8.85. The third-order valence-electron chi connectivity index (χ3n) is 6.63. The molecule has 1 aliphatic rings. The lowest BCUT2D eigenvalue weighted by Crippen LogP contribution is -2.57. The molecule has 0 saturated heterocycles. The summed E-state index contributed by atoms with van der Waals surface area (Å²) in [6.45, 7) is 5.67. The summed E-state index contributed by atoms with van der Waals surface area (Å²) in [5.41, 5.74) is 0.889. The van der Waals surface area contributed by atoms with E-state index in [0.717, 1.165) is 17.7 Å². The van der Waals surface area contributed by atoms with Crippen LogP contribution >= 0.6 is 0 Å². The molecule has 3 N–H and O–H groups in total. The van der Waals surface area contributed by atoms with Crippen molar-refractivity contribution in [2.75, 3.05) is 18.9 Å². The number of carbonyl (C=O) groups is 3. The molecule has 1 aliphatic heterocycles. The number of fused-ring (bicyclic) bond motifs is 1. The van der Waals surface area contributed by atoms with Gasteiger partial charge in [0.05, 0.1) is 6.04 Å². The van der Waals surface area contributed by atoms with E-state index in [0.29, 0.717) is 18.4 Å². The van der Waals surface area contributed by atoms with Crippen LogP contribution in [0, 0.1) is 17.6 Å². The average molecular weight is 487 g/mol. The van der Waals surface area contributed by atoms with Crippen molar-refractivity contribution in [3.8, 4) is 0 Å². The van der Waals surface area contributed by atoms with Gasteiger partial charge in [-0.2, -0.15) is 0 Å². The summed E-state index contributed by atoms with van der Waals surface area (Å²) in [6, 6.07) is 7.99. The van der Waals surface area contributed by atoms with Crippen LogP contribution in [0.25, 0.3) is 0 Å². The number of halogens is 2. The van der Waals surface area contributed by atoms with Gasteiger partial charge in [0, 0.05) is 6.54 Å². The summed E-state index contributed by atoms with van der Waals surface area (Å²) in [6.07, 6.45) is 1.13. The van der Waals surface area contributed by atoms with Gasteiger partial charge in [0.15, 0.2) is 0 Å². The number of benzene rings is 2. The van der Waals surface area contributed by atoms with Crippen molar-refractivity contribution in [1.29, 1.82) is 0 Å². The minimum atomic E-state index is -1.11. The summed E-state index contributed by atoms with van der Waals surface area (Å²) in [5, 5.41) is 8.02. The van der Waals surface area contributed by atoms with E-state index < -0.39 is 47.3 Å². The molecule has 0 unspecified atom stereocenters. The third-order valence-corrected chi connectivity index (χ3v) is 6.63. The second-order valence-corrected chi connectivity index (χ2v) is 8.85. The molecule has 3 amide bonds. The van der Waals surface area contributed by atoms with Crippen molar-refractivity contribution < 1.29 is 23.2 Å². The Morgan fingerprint density at radius 3 is 2.34 bits per heavy atom. The number of hydrogen-bond donors (Lipinski definition) is 3. The van der Waals surface area contributed by atoms with Crippen LogP contribution in [0.3, 0.4) is 0 Å². The Balaban J connectivity index is 1.98. The maximum atomic E-state index is 14.3. The number of para-hydroxylation sites is 1. The minimum absolute atomic E-state index is 0.208. The van der Waals surface area contributed by atoms with Crippen molar-refractivity contribution in [2.45, 2.75) is 51.7 Å². The first kappa shape index (κ1) is 26.3. The van der Waals surface area contributed by atoms with E-state index in [1.165, 1.54) is 11.0 Å². The molecule has 7 nitrogen and oxygen atoms in total. The summed E-state index contributed by atoms with van der Waals surface area (Å²) in [4.78, 5) is 41.3. The zero-order valence-corrected chi connectivity index (χ0v) is 20.4. The molecule has 0 saturated carbocycles. The van der Waals surface area contributed by atoms with Gasteiger partial charge in [0.25, 0.3) is 5.91 Å². The van der Waals surface area contributed by atoms with E-state index in [2.05, 4.69) is 16.0 Å². The van der Waals surface area contributed by atoms with Crippen LogP contribution < -0.4 is 16.0 Å². The Morgan fingerprint density at radius 2 is 1.71 bits per heavy atom. The number of anilines is 1. The monoisotopic (exact) mass is 486 g/mol. The molecule has 9 heteroatoms. The number of rotatable bonds is 8. The van der Waals surface area contributed by atoms with Crippen LogP contribution in [0.5, 0.6) is 0 Å². The number of likely N-dealkylation sites (N-methyl/N-ethyl adjacent to an activating group) is 1. The van der Waals surface area contributed by atoms with Gasteiger partial charge in [0.1, 0.15) is 29.4 Å². The van der Waals surface area contributed by atoms with E-state index >= 15 is 0 Å². The van der Waals surface area contributed by atoms with Gasteiger partial charge in [0.2, 0.25) is 11.8 Å². The second kappa shape index (κ2) is 11.4. The van der Waals surface area contributed by atoms with E-state index in [-0.39, 0.29) is 18.4 Å². The molecule has 35 heavy (non-hydrogen) atoms. The lowest BCUT2D eigenvalue weighted by atomic mass is 9.89. The fourth-order valence-corrected chi connectivity index (χ4v) is 4.17. The van der Waals surface area contributed by atoms with Crippen molar-refractivity contribution in [2.24, 2.45) is 5.92 Å². The SMILES string of the molecule is CC[C@H](C)[C@H](NC(=O)[C@H](C)NC)C(=O)N1CCc2ccccc2[C@H]1C(=O)Nc1c(F)cccc1F. The lowest BCUT2D eigenvalue weighted by Gasteiger charge is -2.39. The third kappa shape index (κ3) is 5.67. The van der Waals surface area contributed by atoms with Gasteiger partial charge in [-0.15, -0.1) is 0 Å². The molecule has 0 aromatic heterocycles. The molecule has 1 heterocycles. The molecule has 3 rings (SSSR count). The van der Waals surface area contributed by atoms with Crippen molar-refractivity contribution in [1.82, 2.24) is 15.5 Å². The van der Waals surface area contributed by atoms with Crippen molar-refractivity contribution in [3.05, 3.63) is 65.2 Å². The first-order valence-corrected chi connectivity index (χ1v) is 11.8. The Hall–Kier alpha value is -3.33. The van der Waals surface area contributed by atoms with Gasteiger partial charge < -0.3 is 20.9 Å². The Bertz CT molecular complexity index is 1070. The van der Waals surface area contributed by atoms with E-state index in [4.69, 9.17) is 0 Å². The Kier molecular flexibility index (Phi) is 8.56. The standard InChI is InChI=1S/C26H32F2N4O3/c1-5-15(2)21(30-24(33)16(3)29-4)26(35)32-14-13-17-9-6-7-10-18(17)23(32)25(34)31-22-19(27)11-8-12-20(22)28/h6-12,15-16,21,23,29H,5,13-14H2,1-4H3,(H,30,33)(H,31,34)/t15-,16-,21-,23-/m0/s1. The fraction of sp³-hybridized carbons (Fsp3) is 0.423. The van der Waals surface area contributed by atoms with Gasteiger partial charge >= 0.3 is 0 Å². The number of nitrogens with zero attached hydrogens (tertiary/aromatic N) is 1. The van der Waals surface area contributed by atoms with E-state index in [1.54, 1.807) is 26.1 Å². The van der Waals surface area contributed by atoms with Crippen molar-refractivity contribution >= 4 is 23.4 Å². The highest BCUT2D eigenvalue weighted by atomic mass is 19.1. The first-order valence-electron chi connectivity index (χ1n) is 11.8. The normalized spacial score (nSPS) is 17.7. The first-order chi connectivity index (χ1) is 16.7. The van der Waals surface area contributed by atoms with Gasteiger partial charge in [-0.05, 0) is 49.6 Å². The predicted octanol–water partition coefficient (Wildman–Crippen LogP) is 3.17.